The summed E-state index contributed by atoms with van der Waals surface area (Å²) >= 11 is 0. The van der Waals surface area contributed by atoms with Crippen molar-refractivity contribution < 1.29 is 13.6 Å². The molecular formula is C28H42F2N4O. The highest BCUT2D eigenvalue weighted by Gasteiger charge is 2.34. The number of nitrogens with zero attached hydrogens (tertiary/aromatic N) is 3. The molecule has 1 N–H and O–H groups in total. The molecule has 2 aliphatic heterocycles. The number of hydrogen-bond acceptors (Lipinski definition) is 3. The van der Waals surface area contributed by atoms with E-state index in [0.717, 1.165) is 38.9 Å². The van der Waals surface area contributed by atoms with E-state index in [9.17, 15) is 13.6 Å². The molecule has 1 fully saturated rings. The molecule has 1 aromatic heterocycles. The molecular weight excluding hydrogens is 446 g/mol. The molecule has 0 aliphatic carbocycles. The number of unbranched alkanes of at least 4 members (excludes halogenated alkanes) is 1. The van der Waals surface area contributed by atoms with Crippen LogP contribution >= 0.6 is 0 Å². The first kappa shape index (κ1) is 26.1. The van der Waals surface area contributed by atoms with Gasteiger partial charge in [0, 0.05) is 62.3 Å². The van der Waals surface area contributed by atoms with Crippen LogP contribution in [0.5, 0.6) is 0 Å². The van der Waals surface area contributed by atoms with Crippen LogP contribution in [0.3, 0.4) is 0 Å². The first-order valence-corrected chi connectivity index (χ1v) is 13.5. The Hall–Kier alpha value is -1.99. The Morgan fingerprint density at radius 3 is 2.54 bits per heavy atom. The second kappa shape index (κ2) is 11.8. The van der Waals surface area contributed by atoms with Gasteiger partial charge in [0.2, 0.25) is 5.91 Å². The van der Waals surface area contributed by atoms with E-state index in [1.807, 2.05) is 4.90 Å². The Kier molecular flexibility index (Phi) is 8.82. The summed E-state index contributed by atoms with van der Waals surface area (Å²) in [5, 5.41) is 1.33. The number of carbonyl (C=O) groups excluding carboxylic acids is 1. The van der Waals surface area contributed by atoms with Crippen molar-refractivity contribution in [3.63, 3.8) is 0 Å². The van der Waals surface area contributed by atoms with E-state index < -0.39 is 6.43 Å². The quantitative estimate of drug-likeness (QED) is 0.496. The van der Waals surface area contributed by atoms with Crippen LogP contribution in [0, 0.1) is 5.92 Å². The minimum Gasteiger partial charge on any atom is -0.356 e. The fourth-order valence-electron chi connectivity index (χ4n) is 5.73. The van der Waals surface area contributed by atoms with Gasteiger partial charge >= 0.3 is 0 Å². The number of carbonyl (C=O) groups is 1. The zero-order valence-corrected chi connectivity index (χ0v) is 21.7. The Labute approximate surface area is 208 Å². The highest BCUT2D eigenvalue weighted by atomic mass is 19.3. The molecule has 1 aromatic carbocycles. The molecule has 194 valence electrons. The summed E-state index contributed by atoms with van der Waals surface area (Å²) in [6, 6.07) is 6.89. The van der Waals surface area contributed by atoms with Crippen molar-refractivity contribution in [1.82, 2.24) is 19.7 Å². The molecule has 0 saturated carbocycles. The smallest absolute Gasteiger partial charge is 0.251 e. The fourth-order valence-corrected chi connectivity index (χ4v) is 5.73. The lowest BCUT2D eigenvalue weighted by atomic mass is 9.91. The number of benzene rings is 1. The molecule has 35 heavy (non-hydrogen) atoms. The summed E-state index contributed by atoms with van der Waals surface area (Å²) in [6.07, 6.45) is 3.56. The van der Waals surface area contributed by atoms with Crippen LogP contribution in [0.1, 0.15) is 69.3 Å². The van der Waals surface area contributed by atoms with Gasteiger partial charge in [0.25, 0.3) is 6.43 Å². The second-order valence-corrected chi connectivity index (χ2v) is 10.8. The molecule has 1 saturated heterocycles. The number of hydrogen-bond donors (Lipinski definition) is 1. The monoisotopic (exact) mass is 488 g/mol. The van der Waals surface area contributed by atoms with Crippen LogP contribution in [0.15, 0.2) is 18.2 Å². The lowest BCUT2D eigenvalue weighted by molar-refractivity contribution is -0.135. The maximum atomic E-state index is 13.4. The SMILES string of the molecule is CCCCc1ccc2[nH]c3c(c2c1)CCN(C(=O)CCN1CCN(CC(F)F)CC1)[C@H]3CC(C)C. The van der Waals surface area contributed by atoms with Crippen molar-refractivity contribution in [2.45, 2.75) is 71.8 Å². The Morgan fingerprint density at radius 2 is 1.86 bits per heavy atom. The van der Waals surface area contributed by atoms with E-state index in [-0.39, 0.29) is 18.5 Å². The Balaban J connectivity index is 1.44. The summed E-state index contributed by atoms with van der Waals surface area (Å²) in [4.78, 5) is 23.3. The van der Waals surface area contributed by atoms with E-state index in [4.69, 9.17) is 0 Å². The van der Waals surface area contributed by atoms with Gasteiger partial charge in [-0.1, -0.05) is 33.3 Å². The van der Waals surface area contributed by atoms with E-state index in [1.54, 1.807) is 0 Å². The molecule has 1 amide bonds. The number of H-pyrrole nitrogens is 1. The zero-order chi connectivity index (χ0) is 24.9. The topological polar surface area (TPSA) is 42.6 Å². The highest BCUT2D eigenvalue weighted by Crippen LogP contribution is 2.38. The van der Waals surface area contributed by atoms with E-state index >= 15 is 0 Å². The summed E-state index contributed by atoms with van der Waals surface area (Å²) < 4.78 is 25.3. The normalized spacial score (nSPS) is 19.7. The molecule has 0 radical (unpaired) electrons. The number of fused-ring (bicyclic) bond motifs is 3. The van der Waals surface area contributed by atoms with Crippen LogP contribution in [0.2, 0.25) is 0 Å². The summed E-state index contributed by atoms with van der Waals surface area (Å²) in [5.41, 5.74) is 5.19. The van der Waals surface area contributed by atoms with Crippen molar-refractivity contribution in [3.8, 4) is 0 Å². The van der Waals surface area contributed by atoms with Gasteiger partial charge in [-0.15, -0.1) is 0 Å². The summed E-state index contributed by atoms with van der Waals surface area (Å²) in [6.45, 7) is 10.8. The van der Waals surface area contributed by atoms with Crippen molar-refractivity contribution in [3.05, 3.63) is 35.0 Å². The molecule has 0 spiro atoms. The molecule has 3 heterocycles. The molecule has 1 atom stereocenters. The minimum atomic E-state index is -2.28. The fraction of sp³-hybridized carbons (Fsp3) is 0.679. The maximum Gasteiger partial charge on any atom is 0.251 e. The van der Waals surface area contributed by atoms with E-state index in [0.29, 0.717) is 32.0 Å². The molecule has 0 unspecified atom stereocenters. The molecule has 0 bridgehead atoms. The van der Waals surface area contributed by atoms with Crippen LogP contribution < -0.4 is 0 Å². The van der Waals surface area contributed by atoms with Crippen molar-refractivity contribution >= 4 is 16.8 Å². The van der Waals surface area contributed by atoms with Gasteiger partial charge in [-0.2, -0.15) is 0 Å². The number of aryl methyl sites for hydroxylation is 1. The maximum absolute atomic E-state index is 13.4. The van der Waals surface area contributed by atoms with Gasteiger partial charge in [0.1, 0.15) is 0 Å². The Bertz CT molecular complexity index is 981. The summed E-state index contributed by atoms with van der Waals surface area (Å²) in [5.74, 6) is 0.689. The lowest BCUT2D eigenvalue weighted by Crippen LogP contribution is -2.49. The third kappa shape index (κ3) is 6.42. The minimum absolute atomic E-state index is 0.0839. The molecule has 7 heteroatoms. The number of amides is 1. The van der Waals surface area contributed by atoms with E-state index in [2.05, 4.69) is 53.8 Å². The number of alkyl halides is 2. The van der Waals surface area contributed by atoms with Gasteiger partial charge in [-0.25, -0.2) is 8.78 Å². The Morgan fingerprint density at radius 1 is 1.11 bits per heavy atom. The zero-order valence-electron chi connectivity index (χ0n) is 21.7. The third-order valence-corrected chi connectivity index (χ3v) is 7.65. The molecule has 2 aliphatic rings. The van der Waals surface area contributed by atoms with E-state index in [1.165, 1.54) is 40.6 Å². The first-order valence-electron chi connectivity index (χ1n) is 13.5. The summed E-state index contributed by atoms with van der Waals surface area (Å²) in [7, 11) is 0. The number of aromatic amines is 1. The average molecular weight is 489 g/mol. The van der Waals surface area contributed by atoms with Crippen molar-refractivity contribution in [2.24, 2.45) is 5.92 Å². The molecule has 5 nitrogen and oxygen atoms in total. The van der Waals surface area contributed by atoms with Gasteiger partial charge < -0.3 is 14.8 Å². The van der Waals surface area contributed by atoms with Gasteiger partial charge in [0.15, 0.2) is 0 Å². The van der Waals surface area contributed by atoms with Gasteiger partial charge in [-0.05, 0) is 54.9 Å². The number of halogens is 2. The molecule has 4 rings (SSSR count). The van der Waals surface area contributed by atoms with Crippen LogP contribution in [0.4, 0.5) is 8.78 Å². The average Bonchev–Trinajstić information content (AvgIpc) is 3.20. The van der Waals surface area contributed by atoms with Gasteiger partial charge in [0.05, 0.1) is 12.6 Å². The van der Waals surface area contributed by atoms with Gasteiger partial charge in [-0.3, -0.25) is 9.69 Å². The predicted molar refractivity (Wildman–Crippen MR) is 138 cm³/mol. The highest BCUT2D eigenvalue weighted by molar-refractivity contribution is 5.87. The second-order valence-electron chi connectivity index (χ2n) is 10.8. The van der Waals surface area contributed by atoms with Crippen LogP contribution in [0.25, 0.3) is 10.9 Å². The number of rotatable bonds is 10. The largest absolute Gasteiger partial charge is 0.356 e. The standard InChI is InChI=1S/C28H42F2N4O/c1-4-5-6-21-7-8-24-23(18-21)22-9-12-34(25(17-20(2)3)28(22)31-24)27(35)10-11-32-13-15-33(16-14-32)19-26(29)30/h7-8,18,20,25-26,31H,4-6,9-17,19H2,1-3H3/t25-/m0/s1. The number of piperazine rings is 1. The number of aromatic nitrogens is 1. The van der Waals surface area contributed by atoms with Crippen LogP contribution in [-0.4, -0.2) is 77.8 Å². The number of nitrogens with one attached hydrogen (secondary N) is 1. The van der Waals surface area contributed by atoms with Crippen molar-refractivity contribution in [2.75, 3.05) is 45.8 Å². The lowest BCUT2D eigenvalue weighted by Gasteiger charge is -2.38. The first-order chi connectivity index (χ1) is 16.9. The third-order valence-electron chi connectivity index (χ3n) is 7.65. The van der Waals surface area contributed by atoms with Crippen LogP contribution in [-0.2, 0) is 17.6 Å². The molecule has 2 aromatic rings. The predicted octanol–water partition coefficient (Wildman–Crippen LogP) is 5.26. The van der Waals surface area contributed by atoms with Crippen molar-refractivity contribution in [1.29, 1.82) is 0 Å².